The summed E-state index contributed by atoms with van der Waals surface area (Å²) < 4.78 is 5.94. The monoisotopic (exact) mass is 411 g/mol. The minimum absolute atomic E-state index is 0.0488. The van der Waals surface area contributed by atoms with Gasteiger partial charge in [0.2, 0.25) is 0 Å². The molecule has 6 nitrogen and oxygen atoms in total. The molecule has 30 heavy (non-hydrogen) atoms. The van der Waals surface area contributed by atoms with Crippen molar-refractivity contribution in [3.63, 3.8) is 0 Å². The van der Waals surface area contributed by atoms with Gasteiger partial charge in [0.25, 0.3) is 0 Å². The smallest absolute Gasteiger partial charge is 0.306 e. The molecule has 0 aromatic heterocycles. The van der Waals surface area contributed by atoms with Crippen molar-refractivity contribution in [2.24, 2.45) is 45.8 Å². The number of fused-ring (bicyclic) bond motifs is 7. The maximum Gasteiger partial charge on any atom is 0.306 e. The molecule has 2 unspecified atom stereocenters. The maximum absolute atomic E-state index is 13.6. The van der Waals surface area contributed by atoms with Gasteiger partial charge in [-0.1, -0.05) is 13.8 Å². The fourth-order valence-corrected chi connectivity index (χ4v) is 9.73. The molecule has 1 heterocycles. The maximum atomic E-state index is 13.6. The molecular formula is C24H29NO5. The molecule has 0 amide bonds. The molecule has 0 aromatic rings. The predicted molar refractivity (Wildman–Crippen MR) is 103 cm³/mol. The van der Waals surface area contributed by atoms with Crippen LogP contribution in [-0.4, -0.2) is 34.3 Å². The van der Waals surface area contributed by atoms with Gasteiger partial charge in [0.1, 0.15) is 17.2 Å². The highest BCUT2D eigenvalue weighted by Gasteiger charge is 2.79. The lowest BCUT2D eigenvalue weighted by molar-refractivity contribution is -0.213. The third-order valence-corrected chi connectivity index (χ3v) is 11.0. The second-order valence-electron chi connectivity index (χ2n) is 11.5. The third kappa shape index (κ3) is 1.74. The van der Waals surface area contributed by atoms with Crippen LogP contribution < -0.4 is 0 Å². The molecule has 6 fully saturated rings. The fourth-order valence-electron chi connectivity index (χ4n) is 9.73. The standard InChI is InChI=1S/C24H29NO5/c1-21-6-4-14(26)19-20(29)12(9-23(19,21)11-25)17-13-3-7-24(8-5-16(28)30-24)22(13,2)10-15(27)18(17)21/h12-13,15,17-19,27H,3-10H2,1-2H3/t12-,13+,15-,17+,18+,19?,21-,22+,23?,24-/m1/s1. The minimum atomic E-state index is -0.976. The lowest BCUT2D eigenvalue weighted by Crippen LogP contribution is -2.65. The van der Waals surface area contributed by atoms with Crippen molar-refractivity contribution in [2.45, 2.75) is 76.9 Å². The molecule has 6 heteroatoms. The first-order chi connectivity index (χ1) is 14.1. The van der Waals surface area contributed by atoms with E-state index in [1.807, 2.05) is 0 Å². The SMILES string of the molecule is C[C@]12C[C@@H](O)[C@H]3[C@@H]([C@H]4CC5(C#N)C(C(=O)CC[C@]35C)C4=O)[C@@H]1CC[C@@]21CCC(=O)O1. The molecule has 6 rings (SSSR count). The van der Waals surface area contributed by atoms with Crippen LogP contribution in [-0.2, 0) is 19.1 Å². The van der Waals surface area contributed by atoms with Crippen LogP contribution in [0.15, 0.2) is 0 Å². The van der Waals surface area contributed by atoms with Crippen LogP contribution in [0.4, 0.5) is 0 Å². The Morgan fingerprint density at radius 3 is 2.50 bits per heavy atom. The summed E-state index contributed by atoms with van der Waals surface area (Å²) >= 11 is 0. The van der Waals surface area contributed by atoms with Crippen LogP contribution in [0.25, 0.3) is 0 Å². The zero-order valence-corrected chi connectivity index (χ0v) is 17.6. The summed E-state index contributed by atoms with van der Waals surface area (Å²) in [4.78, 5) is 38.5. The number of carbonyl (C=O) groups is 3. The molecule has 2 bridgehead atoms. The number of ether oxygens (including phenoxy) is 1. The van der Waals surface area contributed by atoms with Crippen LogP contribution >= 0.6 is 0 Å². The van der Waals surface area contributed by atoms with Crippen molar-refractivity contribution in [2.75, 3.05) is 0 Å². The zero-order chi connectivity index (χ0) is 21.3. The number of carbonyl (C=O) groups excluding carboxylic acids is 3. The van der Waals surface area contributed by atoms with Gasteiger partial charge in [-0.3, -0.25) is 14.4 Å². The van der Waals surface area contributed by atoms with Gasteiger partial charge in [-0.25, -0.2) is 0 Å². The van der Waals surface area contributed by atoms with Crippen LogP contribution in [0.5, 0.6) is 0 Å². The molecule has 1 aliphatic heterocycles. The van der Waals surface area contributed by atoms with Crippen molar-refractivity contribution in [1.29, 1.82) is 5.26 Å². The largest absolute Gasteiger partial charge is 0.458 e. The molecule has 6 aliphatic rings. The van der Waals surface area contributed by atoms with E-state index in [2.05, 4.69) is 19.9 Å². The highest BCUT2D eigenvalue weighted by molar-refractivity contribution is 6.07. The van der Waals surface area contributed by atoms with E-state index in [9.17, 15) is 24.8 Å². The lowest BCUT2D eigenvalue weighted by Gasteiger charge is -2.64. The fraction of sp³-hybridized carbons (Fsp3) is 0.833. The van der Waals surface area contributed by atoms with E-state index >= 15 is 0 Å². The van der Waals surface area contributed by atoms with Crippen LogP contribution in [0.3, 0.4) is 0 Å². The number of rotatable bonds is 0. The van der Waals surface area contributed by atoms with Crippen molar-refractivity contribution >= 4 is 17.5 Å². The van der Waals surface area contributed by atoms with Crippen molar-refractivity contribution < 1.29 is 24.2 Å². The van der Waals surface area contributed by atoms with E-state index < -0.39 is 28.5 Å². The average Bonchev–Trinajstić information content (AvgIpc) is 3.31. The Morgan fingerprint density at radius 2 is 1.83 bits per heavy atom. The number of nitriles is 1. The Morgan fingerprint density at radius 1 is 1.07 bits per heavy atom. The highest BCUT2D eigenvalue weighted by atomic mass is 16.6. The van der Waals surface area contributed by atoms with Crippen molar-refractivity contribution in [3.8, 4) is 6.07 Å². The molecule has 5 saturated carbocycles. The number of Topliss-reactive ketones (excluding diaryl/α,β-unsaturated/α-hetero) is 2. The topological polar surface area (TPSA) is 104 Å². The van der Waals surface area contributed by atoms with Crippen LogP contribution in [0, 0.1) is 57.2 Å². The molecule has 5 aliphatic carbocycles. The van der Waals surface area contributed by atoms with Gasteiger partial charge >= 0.3 is 5.97 Å². The van der Waals surface area contributed by atoms with Gasteiger partial charge in [0, 0.05) is 24.2 Å². The number of nitrogens with zero attached hydrogens (tertiary/aromatic N) is 1. The van der Waals surface area contributed by atoms with Gasteiger partial charge in [-0.05, 0) is 61.7 Å². The molecule has 0 radical (unpaired) electrons. The van der Waals surface area contributed by atoms with Crippen molar-refractivity contribution in [1.82, 2.24) is 0 Å². The Labute approximate surface area is 176 Å². The number of aliphatic hydroxyl groups is 1. The number of hydrogen-bond acceptors (Lipinski definition) is 6. The summed E-state index contributed by atoms with van der Waals surface area (Å²) in [6.45, 7) is 4.21. The lowest BCUT2D eigenvalue weighted by atomic mass is 9.39. The first-order valence-corrected chi connectivity index (χ1v) is 11.5. The quantitative estimate of drug-likeness (QED) is 0.485. The van der Waals surface area contributed by atoms with Crippen LogP contribution in [0.1, 0.15) is 65.2 Å². The van der Waals surface area contributed by atoms with Gasteiger partial charge in [0.05, 0.1) is 23.5 Å². The van der Waals surface area contributed by atoms with Crippen molar-refractivity contribution in [3.05, 3.63) is 0 Å². The summed E-state index contributed by atoms with van der Waals surface area (Å²) in [6.07, 6.45) is 3.95. The Kier molecular flexibility index (Phi) is 3.39. The van der Waals surface area contributed by atoms with Gasteiger partial charge < -0.3 is 9.84 Å². The second-order valence-corrected chi connectivity index (χ2v) is 11.5. The first-order valence-electron chi connectivity index (χ1n) is 11.5. The Bertz CT molecular complexity index is 938. The van der Waals surface area contributed by atoms with E-state index in [1.165, 1.54) is 0 Å². The van der Waals surface area contributed by atoms with E-state index in [-0.39, 0.29) is 46.6 Å². The number of esters is 1. The zero-order valence-electron chi connectivity index (χ0n) is 17.6. The highest BCUT2D eigenvalue weighted by Crippen LogP contribution is 2.76. The summed E-state index contributed by atoms with van der Waals surface area (Å²) in [5, 5.41) is 21.9. The second kappa shape index (κ2) is 5.35. The number of aliphatic hydroxyl groups excluding tert-OH is 1. The van der Waals surface area contributed by atoms with E-state index in [1.54, 1.807) is 0 Å². The normalized spacial score (nSPS) is 58.4. The molecule has 10 atom stereocenters. The number of ketones is 2. The summed E-state index contributed by atoms with van der Waals surface area (Å²) in [5.74, 6) is -1.52. The van der Waals surface area contributed by atoms with E-state index in [4.69, 9.17) is 4.74 Å². The van der Waals surface area contributed by atoms with Gasteiger partial charge in [0.15, 0.2) is 0 Å². The number of hydrogen-bond donors (Lipinski definition) is 1. The summed E-state index contributed by atoms with van der Waals surface area (Å²) in [7, 11) is 0. The van der Waals surface area contributed by atoms with Gasteiger partial charge in [-0.15, -0.1) is 0 Å². The summed E-state index contributed by atoms with van der Waals surface area (Å²) in [5.41, 5.74) is -2.44. The third-order valence-electron chi connectivity index (χ3n) is 11.0. The predicted octanol–water partition coefficient (Wildman–Crippen LogP) is 2.57. The Balaban J connectivity index is 1.52. The molecule has 1 N–H and O–H groups in total. The van der Waals surface area contributed by atoms with Gasteiger partial charge in [-0.2, -0.15) is 5.26 Å². The van der Waals surface area contributed by atoms with E-state index in [0.29, 0.717) is 38.5 Å². The van der Waals surface area contributed by atoms with Crippen LogP contribution in [0.2, 0.25) is 0 Å². The Hall–Kier alpha value is -1.74. The van der Waals surface area contributed by atoms with E-state index in [0.717, 1.165) is 12.8 Å². The summed E-state index contributed by atoms with van der Waals surface area (Å²) in [6, 6.07) is 2.47. The first kappa shape index (κ1) is 19.0. The molecule has 160 valence electrons. The molecule has 0 aromatic carbocycles. The molecule has 1 spiro atoms. The molecular weight excluding hydrogens is 382 g/mol. The minimum Gasteiger partial charge on any atom is -0.458 e. The molecule has 1 saturated heterocycles. The average molecular weight is 411 g/mol.